The van der Waals surface area contributed by atoms with Crippen molar-refractivity contribution in [3.8, 4) is 0 Å². The molecule has 0 saturated heterocycles. The molecule has 1 aromatic carbocycles. The van der Waals surface area contributed by atoms with Gasteiger partial charge in [-0.15, -0.1) is 12.4 Å². The van der Waals surface area contributed by atoms with Crippen LogP contribution in [0.1, 0.15) is 17.2 Å². The maximum Gasteiger partial charge on any atom is 0.269 e. The molecule has 2 rings (SSSR count). The molecule has 96 valence electrons. The number of nitro benzene ring substituents is 1. The largest absolute Gasteiger partial charge is 0.320 e. The number of benzene rings is 1. The molecule has 0 bridgehead atoms. The first-order chi connectivity index (χ1) is 8.09. The van der Waals surface area contributed by atoms with Crippen molar-refractivity contribution in [3.05, 3.63) is 61.3 Å². The Bertz CT molecular complexity index is 546. The third-order valence-electron chi connectivity index (χ3n) is 2.43. The van der Waals surface area contributed by atoms with E-state index >= 15 is 0 Å². The van der Waals surface area contributed by atoms with Crippen LogP contribution in [0.4, 0.5) is 5.69 Å². The third-order valence-corrected chi connectivity index (χ3v) is 3.47. The van der Waals surface area contributed by atoms with Crippen LogP contribution in [0, 0.1) is 10.1 Å². The zero-order chi connectivity index (χ0) is 12.4. The van der Waals surface area contributed by atoms with E-state index in [9.17, 15) is 10.1 Å². The molecule has 18 heavy (non-hydrogen) atoms. The smallest absolute Gasteiger partial charge is 0.269 e. The van der Waals surface area contributed by atoms with Gasteiger partial charge in [-0.05, 0) is 34.0 Å². The Morgan fingerprint density at radius 3 is 2.67 bits per heavy atom. The van der Waals surface area contributed by atoms with Crippen LogP contribution in [0.2, 0.25) is 5.02 Å². The molecule has 7 heteroatoms. The lowest BCUT2D eigenvalue weighted by atomic mass is 10.0. The van der Waals surface area contributed by atoms with Gasteiger partial charge in [0.1, 0.15) is 0 Å². The van der Waals surface area contributed by atoms with Gasteiger partial charge in [-0.2, -0.15) is 11.3 Å². The number of non-ortho nitro benzene ring substituents is 1. The average Bonchev–Trinajstić information content (AvgIpc) is 2.81. The predicted molar refractivity (Wildman–Crippen MR) is 75.7 cm³/mol. The van der Waals surface area contributed by atoms with E-state index in [1.165, 1.54) is 29.5 Å². The van der Waals surface area contributed by atoms with Gasteiger partial charge in [0.05, 0.1) is 11.0 Å². The Morgan fingerprint density at radius 1 is 1.39 bits per heavy atom. The van der Waals surface area contributed by atoms with Gasteiger partial charge in [0, 0.05) is 17.2 Å². The van der Waals surface area contributed by atoms with Crippen molar-refractivity contribution in [2.45, 2.75) is 6.04 Å². The zero-order valence-electron chi connectivity index (χ0n) is 9.08. The van der Waals surface area contributed by atoms with Crippen molar-refractivity contribution in [3.63, 3.8) is 0 Å². The fraction of sp³-hybridized carbons (Fsp3) is 0.0909. The molecule has 0 fully saturated rings. The van der Waals surface area contributed by atoms with Crippen molar-refractivity contribution in [1.82, 2.24) is 0 Å². The molecule has 2 aromatic rings. The topological polar surface area (TPSA) is 69.2 Å². The van der Waals surface area contributed by atoms with Gasteiger partial charge in [-0.3, -0.25) is 10.1 Å². The van der Waals surface area contributed by atoms with Crippen LogP contribution >= 0.6 is 35.3 Å². The third kappa shape index (κ3) is 3.00. The van der Waals surface area contributed by atoms with E-state index in [0.717, 1.165) is 5.56 Å². The highest BCUT2D eigenvalue weighted by molar-refractivity contribution is 7.08. The SMILES string of the molecule is Cl.N[C@@H](c1ccsc1)c1cc([N+](=O)[O-])ccc1Cl. The number of nitro groups is 1. The molecule has 0 aliphatic heterocycles. The number of hydrogen-bond acceptors (Lipinski definition) is 4. The number of nitrogens with two attached hydrogens (primary N) is 1. The Balaban J connectivity index is 0.00000162. The summed E-state index contributed by atoms with van der Waals surface area (Å²) in [6.07, 6.45) is 0. The summed E-state index contributed by atoms with van der Waals surface area (Å²) in [4.78, 5) is 10.2. The van der Waals surface area contributed by atoms with E-state index in [-0.39, 0.29) is 18.1 Å². The van der Waals surface area contributed by atoms with Gasteiger partial charge in [-0.25, -0.2) is 0 Å². The molecule has 0 aliphatic rings. The second-order valence-electron chi connectivity index (χ2n) is 3.50. The molecular weight excluding hydrogens is 295 g/mol. The van der Waals surface area contributed by atoms with Gasteiger partial charge >= 0.3 is 0 Å². The van der Waals surface area contributed by atoms with Crippen LogP contribution in [-0.4, -0.2) is 4.92 Å². The van der Waals surface area contributed by atoms with Crippen molar-refractivity contribution >= 4 is 41.0 Å². The molecule has 1 aromatic heterocycles. The molecular formula is C11H10Cl2N2O2S. The van der Waals surface area contributed by atoms with Crippen molar-refractivity contribution < 1.29 is 4.92 Å². The van der Waals surface area contributed by atoms with Crippen LogP contribution in [0.15, 0.2) is 35.0 Å². The number of rotatable bonds is 3. The van der Waals surface area contributed by atoms with Gasteiger partial charge < -0.3 is 5.73 Å². The standard InChI is InChI=1S/C11H9ClN2O2S.ClH/c12-10-2-1-8(14(15)16)5-9(10)11(13)7-3-4-17-6-7;/h1-6,11H,13H2;1H/t11-;/m0./s1. The van der Waals surface area contributed by atoms with Crippen LogP contribution in [0.5, 0.6) is 0 Å². The van der Waals surface area contributed by atoms with E-state index in [0.29, 0.717) is 10.6 Å². The van der Waals surface area contributed by atoms with Gasteiger partial charge in [0.2, 0.25) is 0 Å². The lowest BCUT2D eigenvalue weighted by molar-refractivity contribution is -0.384. The fourth-order valence-corrected chi connectivity index (χ4v) is 2.45. The normalized spacial score (nSPS) is 11.7. The molecule has 0 saturated carbocycles. The molecule has 0 amide bonds. The minimum Gasteiger partial charge on any atom is -0.320 e. The molecule has 0 radical (unpaired) electrons. The van der Waals surface area contributed by atoms with Crippen molar-refractivity contribution in [2.75, 3.05) is 0 Å². The second kappa shape index (κ2) is 6.15. The Labute approximate surface area is 119 Å². The summed E-state index contributed by atoms with van der Waals surface area (Å²) >= 11 is 7.54. The molecule has 4 nitrogen and oxygen atoms in total. The maximum atomic E-state index is 10.7. The fourth-order valence-electron chi connectivity index (χ4n) is 1.51. The summed E-state index contributed by atoms with van der Waals surface area (Å²) in [5, 5.41) is 14.9. The van der Waals surface area contributed by atoms with Crippen LogP contribution in [0.25, 0.3) is 0 Å². The highest BCUT2D eigenvalue weighted by Crippen LogP contribution is 2.30. The quantitative estimate of drug-likeness (QED) is 0.693. The lowest BCUT2D eigenvalue weighted by Crippen LogP contribution is -2.11. The molecule has 0 unspecified atom stereocenters. The second-order valence-corrected chi connectivity index (χ2v) is 4.68. The summed E-state index contributed by atoms with van der Waals surface area (Å²) in [6.45, 7) is 0. The van der Waals surface area contributed by atoms with Gasteiger partial charge in [0.25, 0.3) is 5.69 Å². The van der Waals surface area contributed by atoms with Gasteiger partial charge in [0.15, 0.2) is 0 Å². The first kappa shape index (κ1) is 14.9. The number of thiophene rings is 1. The Kier molecular flexibility index (Phi) is 5.10. The minimum absolute atomic E-state index is 0. The minimum atomic E-state index is -0.458. The van der Waals surface area contributed by atoms with E-state index in [4.69, 9.17) is 17.3 Å². The summed E-state index contributed by atoms with van der Waals surface area (Å²) in [6, 6.07) is 5.73. The van der Waals surface area contributed by atoms with E-state index in [2.05, 4.69) is 0 Å². The average molecular weight is 305 g/mol. The predicted octanol–water partition coefficient (Wildman–Crippen LogP) is 3.78. The molecule has 1 heterocycles. The summed E-state index contributed by atoms with van der Waals surface area (Å²) < 4.78 is 0. The van der Waals surface area contributed by atoms with E-state index in [1.54, 1.807) is 0 Å². The first-order valence-electron chi connectivity index (χ1n) is 4.81. The number of hydrogen-bond donors (Lipinski definition) is 1. The molecule has 0 spiro atoms. The summed E-state index contributed by atoms with van der Waals surface area (Å²) in [5.74, 6) is 0. The van der Waals surface area contributed by atoms with Crippen LogP contribution in [0.3, 0.4) is 0 Å². The van der Waals surface area contributed by atoms with E-state index < -0.39 is 11.0 Å². The Hall–Kier alpha value is -1.14. The maximum absolute atomic E-state index is 10.7. The number of nitrogens with zero attached hydrogens (tertiary/aromatic N) is 1. The highest BCUT2D eigenvalue weighted by atomic mass is 35.5. The van der Waals surface area contributed by atoms with Crippen LogP contribution < -0.4 is 5.73 Å². The lowest BCUT2D eigenvalue weighted by Gasteiger charge is -2.11. The van der Waals surface area contributed by atoms with Crippen molar-refractivity contribution in [1.29, 1.82) is 0 Å². The highest BCUT2D eigenvalue weighted by Gasteiger charge is 2.16. The molecule has 0 aliphatic carbocycles. The summed E-state index contributed by atoms with van der Waals surface area (Å²) in [5.41, 5.74) is 7.49. The van der Waals surface area contributed by atoms with E-state index in [1.807, 2.05) is 16.8 Å². The zero-order valence-corrected chi connectivity index (χ0v) is 11.5. The van der Waals surface area contributed by atoms with Gasteiger partial charge in [-0.1, -0.05) is 11.6 Å². The number of halogens is 2. The first-order valence-corrected chi connectivity index (χ1v) is 6.13. The van der Waals surface area contributed by atoms with Crippen molar-refractivity contribution in [2.24, 2.45) is 5.73 Å². The Morgan fingerprint density at radius 2 is 2.11 bits per heavy atom. The van der Waals surface area contributed by atoms with Crippen LogP contribution in [-0.2, 0) is 0 Å². The summed E-state index contributed by atoms with van der Waals surface area (Å²) in [7, 11) is 0. The molecule has 1 atom stereocenters. The molecule has 2 N–H and O–H groups in total. The monoisotopic (exact) mass is 304 g/mol.